The number of amides is 1. The van der Waals surface area contributed by atoms with Crippen LogP contribution in [0.3, 0.4) is 0 Å². The molecule has 0 saturated carbocycles. The first-order chi connectivity index (χ1) is 11.5. The van der Waals surface area contributed by atoms with Gasteiger partial charge in [0, 0.05) is 38.3 Å². The van der Waals surface area contributed by atoms with Crippen LogP contribution in [-0.2, 0) is 17.8 Å². The van der Waals surface area contributed by atoms with E-state index >= 15 is 0 Å². The van der Waals surface area contributed by atoms with Crippen molar-refractivity contribution in [3.63, 3.8) is 0 Å². The first-order valence-electron chi connectivity index (χ1n) is 8.51. The number of hydrogen-bond donors (Lipinski definition) is 0. The Morgan fingerprint density at radius 3 is 2.46 bits per heavy atom. The molecule has 0 radical (unpaired) electrons. The van der Waals surface area contributed by atoms with E-state index in [1.54, 1.807) is 0 Å². The summed E-state index contributed by atoms with van der Waals surface area (Å²) in [5, 5.41) is 3.93. The standard InChI is InChI=1S/C19H25N3O2/c1-14-6-4-5-7-17(14)13-21-8-10-22(11-9-21)19(23)12-18-15(2)20-24-16(18)3/h4-7H,8-13H2,1-3H3. The quantitative estimate of drug-likeness (QED) is 0.866. The van der Waals surface area contributed by atoms with Crippen LogP contribution in [0.25, 0.3) is 0 Å². The Balaban J connectivity index is 1.53. The van der Waals surface area contributed by atoms with E-state index in [4.69, 9.17) is 4.52 Å². The Bertz CT molecular complexity index is 696. The Hall–Kier alpha value is -2.14. The van der Waals surface area contributed by atoms with Gasteiger partial charge in [0.1, 0.15) is 5.76 Å². The van der Waals surface area contributed by atoms with E-state index in [9.17, 15) is 4.79 Å². The molecule has 1 amide bonds. The number of hydrogen-bond acceptors (Lipinski definition) is 4. The first kappa shape index (κ1) is 16.7. The number of benzene rings is 1. The van der Waals surface area contributed by atoms with Gasteiger partial charge in [-0.1, -0.05) is 29.4 Å². The second kappa shape index (κ2) is 7.18. The molecule has 2 heterocycles. The average Bonchev–Trinajstić information content (AvgIpc) is 2.89. The third-order valence-electron chi connectivity index (χ3n) is 4.89. The smallest absolute Gasteiger partial charge is 0.227 e. The molecule has 0 atom stereocenters. The number of piperazine rings is 1. The molecule has 0 bridgehead atoms. The van der Waals surface area contributed by atoms with Crippen molar-refractivity contribution in [1.82, 2.24) is 15.0 Å². The highest BCUT2D eigenvalue weighted by Gasteiger charge is 2.23. The zero-order chi connectivity index (χ0) is 17.1. The predicted molar refractivity (Wildman–Crippen MR) is 92.7 cm³/mol. The summed E-state index contributed by atoms with van der Waals surface area (Å²) in [6, 6.07) is 8.50. The number of carbonyl (C=O) groups excluding carboxylic acids is 1. The number of nitrogens with zero attached hydrogens (tertiary/aromatic N) is 3. The van der Waals surface area contributed by atoms with Gasteiger partial charge in [-0.2, -0.15) is 0 Å². The van der Waals surface area contributed by atoms with Crippen LogP contribution in [0, 0.1) is 20.8 Å². The van der Waals surface area contributed by atoms with E-state index in [1.807, 2.05) is 18.7 Å². The van der Waals surface area contributed by atoms with Gasteiger partial charge in [-0.05, 0) is 31.9 Å². The van der Waals surface area contributed by atoms with E-state index < -0.39 is 0 Å². The SMILES string of the molecule is Cc1ccccc1CN1CCN(C(=O)Cc2c(C)noc2C)CC1. The second-order valence-corrected chi connectivity index (χ2v) is 6.56. The van der Waals surface area contributed by atoms with Crippen LogP contribution in [-0.4, -0.2) is 47.0 Å². The van der Waals surface area contributed by atoms with Gasteiger partial charge in [-0.15, -0.1) is 0 Å². The summed E-state index contributed by atoms with van der Waals surface area (Å²) in [7, 11) is 0. The summed E-state index contributed by atoms with van der Waals surface area (Å²) >= 11 is 0. The highest BCUT2D eigenvalue weighted by molar-refractivity contribution is 5.79. The minimum Gasteiger partial charge on any atom is -0.361 e. The molecule has 1 aliphatic rings. The Labute approximate surface area is 143 Å². The molecule has 5 heteroatoms. The van der Waals surface area contributed by atoms with Crippen molar-refractivity contribution in [3.05, 3.63) is 52.4 Å². The maximum Gasteiger partial charge on any atom is 0.227 e. The summed E-state index contributed by atoms with van der Waals surface area (Å²) < 4.78 is 5.15. The zero-order valence-corrected chi connectivity index (χ0v) is 14.7. The van der Waals surface area contributed by atoms with Gasteiger partial charge in [0.25, 0.3) is 0 Å². The van der Waals surface area contributed by atoms with Crippen molar-refractivity contribution >= 4 is 5.91 Å². The number of aryl methyl sites for hydroxylation is 3. The van der Waals surface area contributed by atoms with E-state index in [2.05, 4.69) is 41.2 Å². The van der Waals surface area contributed by atoms with Crippen LogP contribution in [0.15, 0.2) is 28.8 Å². The van der Waals surface area contributed by atoms with Crippen LogP contribution in [0.1, 0.15) is 28.1 Å². The van der Waals surface area contributed by atoms with Crippen molar-refractivity contribution in [1.29, 1.82) is 0 Å². The molecule has 0 N–H and O–H groups in total. The summed E-state index contributed by atoms with van der Waals surface area (Å²) in [5.74, 6) is 0.916. The molecule has 1 aromatic heterocycles. The molecule has 1 aliphatic heterocycles. The van der Waals surface area contributed by atoms with Gasteiger partial charge < -0.3 is 9.42 Å². The van der Waals surface area contributed by atoms with Gasteiger partial charge >= 0.3 is 0 Å². The highest BCUT2D eigenvalue weighted by atomic mass is 16.5. The minimum atomic E-state index is 0.167. The van der Waals surface area contributed by atoms with Crippen molar-refractivity contribution in [2.45, 2.75) is 33.7 Å². The summed E-state index contributed by atoms with van der Waals surface area (Å²) in [6.45, 7) is 10.3. The Morgan fingerprint density at radius 1 is 1.12 bits per heavy atom. The topological polar surface area (TPSA) is 49.6 Å². The summed E-state index contributed by atoms with van der Waals surface area (Å²) in [4.78, 5) is 16.9. The minimum absolute atomic E-state index is 0.167. The summed E-state index contributed by atoms with van der Waals surface area (Å²) in [6.07, 6.45) is 0.388. The normalized spacial score (nSPS) is 15.7. The largest absolute Gasteiger partial charge is 0.361 e. The van der Waals surface area contributed by atoms with Crippen molar-refractivity contribution in [2.75, 3.05) is 26.2 Å². The lowest BCUT2D eigenvalue weighted by Crippen LogP contribution is -2.48. The van der Waals surface area contributed by atoms with Crippen LogP contribution in [0.2, 0.25) is 0 Å². The van der Waals surface area contributed by atoms with E-state index in [0.29, 0.717) is 6.42 Å². The molecule has 0 unspecified atom stereocenters. The highest BCUT2D eigenvalue weighted by Crippen LogP contribution is 2.16. The molecule has 2 aromatic rings. The molecular weight excluding hydrogens is 302 g/mol. The molecule has 0 spiro atoms. The molecule has 1 aromatic carbocycles. The molecule has 24 heavy (non-hydrogen) atoms. The van der Waals surface area contributed by atoms with Gasteiger partial charge in [0.05, 0.1) is 12.1 Å². The van der Waals surface area contributed by atoms with Gasteiger partial charge in [0.15, 0.2) is 0 Å². The molecule has 1 saturated heterocycles. The third-order valence-corrected chi connectivity index (χ3v) is 4.89. The van der Waals surface area contributed by atoms with Gasteiger partial charge in [-0.3, -0.25) is 9.69 Å². The third kappa shape index (κ3) is 3.67. The molecule has 3 rings (SSSR count). The van der Waals surface area contributed by atoms with Crippen LogP contribution >= 0.6 is 0 Å². The Morgan fingerprint density at radius 2 is 1.83 bits per heavy atom. The van der Waals surface area contributed by atoms with Crippen LogP contribution in [0.5, 0.6) is 0 Å². The van der Waals surface area contributed by atoms with Crippen molar-refractivity contribution in [2.24, 2.45) is 0 Å². The zero-order valence-electron chi connectivity index (χ0n) is 14.7. The average molecular weight is 327 g/mol. The molecule has 128 valence electrons. The molecular formula is C19H25N3O2. The van der Waals surface area contributed by atoms with Crippen molar-refractivity contribution < 1.29 is 9.32 Å². The number of rotatable bonds is 4. The second-order valence-electron chi connectivity index (χ2n) is 6.56. The summed E-state index contributed by atoms with van der Waals surface area (Å²) in [5.41, 5.74) is 4.45. The van der Waals surface area contributed by atoms with Crippen LogP contribution < -0.4 is 0 Å². The fraction of sp³-hybridized carbons (Fsp3) is 0.474. The predicted octanol–water partition coefficient (Wildman–Crippen LogP) is 2.49. The monoisotopic (exact) mass is 327 g/mol. The van der Waals surface area contributed by atoms with E-state index in [0.717, 1.165) is 49.7 Å². The van der Waals surface area contributed by atoms with Crippen molar-refractivity contribution in [3.8, 4) is 0 Å². The molecule has 1 fully saturated rings. The lowest BCUT2D eigenvalue weighted by molar-refractivity contribution is -0.132. The number of carbonyl (C=O) groups is 1. The van der Waals surface area contributed by atoms with E-state index in [1.165, 1.54) is 11.1 Å². The van der Waals surface area contributed by atoms with E-state index in [-0.39, 0.29) is 5.91 Å². The van der Waals surface area contributed by atoms with Crippen LogP contribution in [0.4, 0.5) is 0 Å². The molecule has 5 nitrogen and oxygen atoms in total. The fourth-order valence-corrected chi connectivity index (χ4v) is 3.20. The molecule has 0 aliphatic carbocycles. The lowest BCUT2D eigenvalue weighted by atomic mass is 10.1. The van der Waals surface area contributed by atoms with Gasteiger partial charge in [0.2, 0.25) is 5.91 Å². The maximum atomic E-state index is 12.5. The maximum absolute atomic E-state index is 12.5. The number of aromatic nitrogens is 1. The lowest BCUT2D eigenvalue weighted by Gasteiger charge is -2.35. The fourth-order valence-electron chi connectivity index (χ4n) is 3.20. The Kier molecular flexibility index (Phi) is 5.00. The van der Waals surface area contributed by atoms with Gasteiger partial charge in [-0.25, -0.2) is 0 Å². The first-order valence-corrected chi connectivity index (χ1v) is 8.51.